The number of aryl methyl sites for hydroxylation is 1. The molecule has 1 rings (SSSR count). The number of rotatable bonds is 7. The third-order valence-corrected chi connectivity index (χ3v) is 2.74. The molecule has 0 spiro atoms. The van der Waals surface area contributed by atoms with Crippen LogP contribution in [0.15, 0.2) is 24.4 Å². The second-order valence-electron chi connectivity index (χ2n) is 4.24. The molecule has 1 heterocycles. The first-order chi connectivity index (χ1) is 7.33. The van der Waals surface area contributed by atoms with Crippen LogP contribution >= 0.6 is 0 Å². The summed E-state index contributed by atoms with van der Waals surface area (Å²) in [5.74, 6) is 1.62. The Morgan fingerprint density at radius 2 is 2.07 bits per heavy atom. The lowest BCUT2D eigenvalue weighted by Gasteiger charge is -2.09. The predicted molar refractivity (Wildman–Crippen MR) is 65.6 cm³/mol. The Kier molecular flexibility index (Phi) is 6.06. The van der Waals surface area contributed by atoms with E-state index >= 15 is 0 Å². The zero-order valence-corrected chi connectivity index (χ0v) is 10.00. The highest BCUT2D eigenvalue weighted by molar-refractivity contribution is 5.05. The average molecular weight is 204 g/mol. The van der Waals surface area contributed by atoms with Crippen molar-refractivity contribution in [2.75, 3.05) is 0 Å². The standard InChI is InChI=1S/C14H22N/c1-3-4-5-8-13(2)10-11-14-9-6-7-12-15-14/h6-7,9,12H,3-5,8,10-11H2,1-2H3. The van der Waals surface area contributed by atoms with Crippen LogP contribution in [0.3, 0.4) is 0 Å². The Labute approximate surface area is 93.9 Å². The van der Waals surface area contributed by atoms with Gasteiger partial charge in [-0.2, -0.15) is 0 Å². The van der Waals surface area contributed by atoms with Gasteiger partial charge in [-0.15, -0.1) is 0 Å². The summed E-state index contributed by atoms with van der Waals surface area (Å²) < 4.78 is 0. The first-order valence-electron chi connectivity index (χ1n) is 6.04. The molecule has 1 aromatic rings. The van der Waals surface area contributed by atoms with E-state index in [-0.39, 0.29) is 0 Å². The third-order valence-electron chi connectivity index (χ3n) is 2.74. The van der Waals surface area contributed by atoms with Crippen LogP contribution in [0, 0.1) is 5.92 Å². The molecule has 0 saturated heterocycles. The van der Waals surface area contributed by atoms with Gasteiger partial charge in [0.2, 0.25) is 0 Å². The summed E-state index contributed by atoms with van der Waals surface area (Å²) in [6.07, 6.45) is 9.49. The number of hydrogen-bond donors (Lipinski definition) is 0. The Balaban J connectivity index is 2.14. The van der Waals surface area contributed by atoms with Crippen LogP contribution in [0.25, 0.3) is 0 Å². The monoisotopic (exact) mass is 204 g/mol. The van der Waals surface area contributed by atoms with Crippen LogP contribution in [-0.2, 0) is 6.42 Å². The fourth-order valence-corrected chi connectivity index (χ4v) is 1.69. The molecule has 1 aromatic heterocycles. The van der Waals surface area contributed by atoms with Crippen molar-refractivity contribution < 1.29 is 0 Å². The quantitative estimate of drug-likeness (QED) is 0.607. The normalized spacial score (nSPS) is 10.9. The molecule has 0 aliphatic rings. The predicted octanol–water partition coefficient (Wildman–Crippen LogP) is 4.19. The molecule has 0 saturated carbocycles. The van der Waals surface area contributed by atoms with Crippen LogP contribution < -0.4 is 0 Å². The van der Waals surface area contributed by atoms with E-state index in [1.165, 1.54) is 37.8 Å². The number of nitrogens with zero attached hydrogens (tertiary/aromatic N) is 1. The summed E-state index contributed by atoms with van der Waals surface area (Å²) in [4.78, 5) is 4.33. The number of pyridine rings is 1. The van der Waals surface area contributed by atoms with Gasteiger partial charge in [-0.05, 0) is 37.3 Å². The van der Waals surface area contributed by atoms with E-state index in [2.05, 4.69) is 31.0 Å². The van der Waals surface area contributed by atoms with Crippen molar-refractivity contribution in [2.24, 2.45) is 0 Å². The van der Waals surface area contributed by atoms with Crippen molar-refractivity contribution in [3.63, 3.8) is 0 Å². The summed E-state index contributed by atoms with van der Waals surface area (Å²) in [6.45, 7) is 4.53. The topological polar surface area (TPSA) is 12.9 Å². The Bertz CT molecular complexity index is 243. The maximum atomic E-state index is 4.33. The lowest BCUT2D eigenvalue weighted by molar-refractivity contribution is 0.637. The SMILES string of the molecule is CCCCC[C](C)CCc1ccccn1. The highest BCUT2D eigenvalue weighted by Gasteiger charge is 2.03. The molecule has 0 unspecified atom stereocenters. The van der Waals surface area contributed by atoms with Crippen molar-refractivity contribution in [3.05, 3.63) is 36.0 Å². The minimum absolute atomic E-state index is 1.10. The highest BCUT2D eigenvalue weighted by atomic mass is 14.7. The zero-order valence-electron chi connectivity index (χ0n) is 10.00. The second-order valence-corrected chi connectivity index (χ2v) is 4.24. The van der Waals surface area contributed by atoms with Gasteiger partial charge in [-0.3, -0.25) is 4.98 Å². The van der Waals surface area contributed by atoms with E-state index in [9.17, 15) is 0 Å². The van der Waals surface area contributed by atoms with Crippen LogP contribution in [0.5, 0.6) is 0 Å². The fraction of sp³-hybridized carbons (Fsp3) is 0.571. The highest BCUT2D eigenvalue weighted by Crippen LogP contribution is 2.17. The van der Waals surface area contributed by atoms with E-state index in [4.69, 9.17) is 0 Å². The molecular formula is C14H22N. The minimum atomic E-state index is 1.10. The summed E-state index contributed by atoms with van der Waals surface area (Å²) >= 11 is 0. The molecule has 0 fully saturated rings. The molecule has 1 radical (unpaired) electrons. The van der Waals surface area contributed by atoms with Crippen molar-refractivity contribution in [2.45, 2.75) is 52.4 Å². The average Bonchev–Trinajstić information content (AvgIpc) is 2.28. The van der Waals surface area contributed by atoms with E-state index < -0.39 is 0 Å². The molecule has 15 heavy (non-hydrogen) atoms. The van der Waals surface area contributed by atoms with E-state index in [0.717, 1.165) is 6.42 Å². The zero-order chi connectivity index (χ0) is 10.9. The molecule has 0 N–H and O–H groups in total. The van der Waals surface area contributed by atoms with Gasteiger partial charge in [-0.25, -0.2) is 0 Å². The molecule has 0 atom stereocenters. The Hall–Kier alpha value is -0.850. The summed E-state index contributed by atoms with van der Waals surface area (Å²) in [5, 5.41) is 0. The van der Waals surface area contributed by atoms with Crippen LogP contribution in [0.4, 0.5) is 0 Å². The molecule has 0 aliphatic carbocycles. The van der Waals surface area contributed by atoms with E-state index in [1.54, 1.807) is 5.92 Å². The first-order valence-corrected chi connectivity index (χ1v) is 6.04. The smallest absolute Gasteiger partial charge is 0.0403 e. The molecule has 1 heteroatoms. The number of unbranched alkanes of at least 4 members (excludes halogenated alkanes) is 2. The van der Waals surface area contributed by atoms with Gasteiger partial charge in [-0.1, -0.05) is 39.2 Å². The molecular weight excluding hydrogens is 182 g/mol. The second kappa shape index (κ2) is 7.44. The molecule has 0 amide bonds. The van der Waals surface area contributed by atoms with Gasteiger partial charge >= 0.3 is 0 Å². The maximum absolute atomic E-state index is 4.33. The fourth-order valence-electron chi connectivity index (χ4n) is 1.69. The lowest BCUT2D eigenvalue weighted by Crippen LogP contribution is -1.96. The van der Waals surface area contributed by atoms with Crippen LogP contribution in [0.2, 0.25) is 0 Å². The van der Waals surface area contributed by atoms with Crippen molar-refractivity contribution in [1.29, 1.82) is 0 Å². The Morgan fingerprint density at radius 3 is 2.73 bits per heavy atom. The van der Waals surface area contributed by atoms with Gasteiger partial charge in [0.15, 0.2) is 0 Å². The molecule has 0 aliphatic heterocycles. The number of hydrogen-bond acceptors (Lipinski definition) is 1. The third kappa shape index (κ3) is 5.56. The van der Waals surface area contributed by atoms with Gasteiger partial charge in [0.1, 0.15) is 0 Å². The van der Waals surface area contributed by atoms with E-state index in [0.29, 0.717) is 0 Å². The molecule has 1 nitrogen and oxygen atoms in total. The van der Waals surface area contributed by atoms with Crippen molar-refractivity contribution in [3.8, 4) is 0 Å². The molecule has 0 aromatic carbocycles. The van der Waals surface area contributed by atoms with Gasteiger partial charge in [0.25, 0.3) is 0 Å². The largest absolute Gasteiger partial charge is 0.261 e. The maximum Gasteiger partial charge on any atom is 0.0403 e. The summed E-state index contributed by atoms with van der Waals surface area (Å²) in [7, 11) is 0. The van der Waals surface area contributed by atoms with E-state index in [1.807, 2.05) is 12.3 Å². The minimum Gasteiger partial charge on any atom is -0.261 e. The summed E-state index contributed by atoms with van der Waals surface area (Å²) in [6, 6.07) is 6.15. The van der Waals surface area contributed by atoms with Crippen molar-refractivity contribution >= 4 is 0 Å². The molecule has 83 valence electrons. The molecule has 0 bridgehead atoms. The van der Waals surface area contributed by atoms with Gasteiger partial charge in [0, 0.05) is 11.9 Å². The summed E-state index contributed by atoms with van der Waals surface area (Å²) in [5.41, 5.74) is 1.22. The first kappa shape index (κ1) is 12.2. The van der Waals surface area contributed by atoms with Crippen LogP contribution in [-0.4, -0.2) is 4.98 Å². The van der Waals surface area contributed by atoms with Crippen molar-refractivity contribution in [1.82, 2.24) is 4.98 Å². The van der Waals surface area contributed by atoms with Crippen LogP contribution in [0.1, 0.15) is 51.6 Å². The Morgan fingerprint density at radius 1 is 1.20 bits per heavy atom. The lowest BCUT2D eigenvalue weighted by atomic mass is 9.97. The number of aromatic nitrogens is 1. The van der Waals surface area contributed by atoms with Gasteiger partial charge in [0.05, 0.1) is 0 Å². The van der Waals surface area contributed by atoms with Gasteiger partial charge < -0.3 is 0 Å².